The molecule has 1 atom stereocenters. The molecule has 7 nitrogen and oxygen atoms in total. The maximum atomic E-state index is 13.0. The van der Waals surface area contributed by atoms with Crippen LogP contribution >= 0.6 is 11.6 Å². The van der Waals surface area contributed by atoms with Crippen molar-refractivity contribution in [3.05, 3.63) is 64.7 Å². The molecule has 31 heavy (non-hydrogen) atoms. The van der Waals surface area contributed by atoms with Crippen molar-refractivity contribution < 1.29 is 23.9 Å². The molecule has 0 radical (unpaired) electrons. The van der Waals surface area contributed by atoms with E-state index in [2.05, 4.69) is 0 Å². The third-order valence-corrected chi connectivity index (χ3v) is 5.31. The van der Waals surface area contributed by atoms with Crippen molar-refractivity contribution in [2.45, 2.75) is 32.7 Å². The van der Waals surface area contributed by atoms with Gasteiger partial charge in [-0.05, 0) is 55.3 Å². The molecule has 1 unspecified atom stereocenters. The normalized spacial score (nSPS) is 15.8. The molecular weight excluding hydrogens is 420 g/mol. The predicted molar refractivity (Wildman–Crippen MR) is 116 cm³/mol. The summed E-state index contributed by atoms with van der Waals surface area (Å²) >= 11 is 6.01. The fourth-order valence-corrected chi connectivity index (χ4v) is 3.78. The number of carbonyl (C=O) groups excluding carboxylic acids is 4. The topological polar surface area (TPSA) is 84.0 Å². The second-order valence-corrected chi connectivity index (χ2v) is 7.58. The molecule has 3 amide bonds. The van der Waals surface area contributed by atoms with Gasteiger partial charge in [0.25, 0.3) is 5.91 Å². The van der Waals surface area contributed by atoms with Crippen LogP contribution in [0, 0.1) is 0 Å². The van der Waals surface area contributed by atoms with Gasteiger partial charge in [0.1, 0.15) is 6.04 Å². The van der Waals surface area contributed by atoms with Crippen molar-refractivity contribution in [3.8, 4) is 0 Å². The highest BCUT2D eigenvalue weighted by atomic mass is 35.5. The monoisotopic (exact) mass is 442 g/mol. The van der Waals surface area contributed by atoms with Gasteiger partial charge in [-0.15, -0.1) is 0 Å². The van der Waals surface area contributed by atoms with Crippen LogP contribution in [0.4, 0.5) is 5.69 Å². The summed E-state index contributed by atoms with van der Waals surface area (Å²) in [6.45, 7) is 3.63. The van der Waals surface area contributed by atoms with E-state index in [9.17, 15) is 19.2 Å². The second-order valence-electron chi connectivity index (χ2n) is 7.15. The fourth-order valence-electron chi connectivity index (χ4n) is 3.57. The van der Waals surface area contributed by atoms with Crippen molar-refractivity contribution in [1.82, 2.24) is 4.90 Å². The molecule has 0 aliphatic carbocycles. The Hall–Kier alpha value is -3.19. The molecule has 1 saturated heterocycles. The molecule has 3 rings (SSSR count). The molecule has 0 saturated carbocycles. The molecular formula is C23H23ClN2O5. The van der Waals surface area contributed by atoms with Crippen molar-refractivity contribution in [2.75, 3.05) is 18.1 Å². The number of nitrogens with zero attached hydrogens (tertiary/aromatic N) is 2. The molecule has 0 bridgehead atoms. The zero-order valence-corrected chi connectivity index (χ0v) is 18.1. The van der Waals surface area contributed by atoms with E-state index in [0.717, 1.165) is 10.5 Å². The number of ether oxygens (including phenoxy) is 1. The summed E-state index contributed by atoms with van der Waals surface area (Å²) in [5, 5.41) is 0.594. The first-order valence-corrected chi connectivity index (χ1v) is 10.3. The predicted octanol–water partition coefficient (Wildman–Crippen LogP) is 3.24. The van der Waals surface area contributed by atoms with Gasteiger partial charge in [0.15, 0.2) is 0 Å². The summed E-state index contributed by atoms with van der Waals surface area (Å²) in [5.41, 5.74) is 1.61. The van der Waals surface area contributed by atoms with Gasteiger partial charge in [0.05, 0.1) is 24.3 Å². The van der Waals surface area contributed by atoms with Crippen LogP contribution in [0.2, 0.25) is 5.02 Å². The lowest BCUT2D eigenvalue weighted by Gasteiger charge is -2.26. The standard InChI is InChI=1S/C23H23ClN2O5/c1-3-31-23(30)17-7-9-19(10-8-17)26-21(28)14-20(22(26)29)25(15(2)27)12-11-16-5-4-6-18(24)13-16/h4-10,13,20H,3,11-12,14H2,1-2H3. The zero-order valence-electron chi connectivity index (χ0n) is 17.3. The number of anilines is 1. The van der Waals surface area contributed by atoms with Gasteiger partial charge in [-0.3, -0.25) is 14.4 Å². The highest BCUT2D eigenvalue weighted by molar-refractivity contribution is 6.30. The smallest absolute Gasteiger partial charge is 0.338 e. The Morgan fingerprint density at radius 2 is 1.87 bits per heavy atom. The summed E-state index contributed by atoms with van der Waals surface area (Å²) in [5.74, 6) is -1.62. The van der Waals surface area contributed by atoms with E-state index < -0.39 is 23.8 Å². The molecule has 0 aromatic heterocycles. The van der Waals surface area contributed by atoms with Crippen molar-refractivity contribution in [2.24, 2.45) is 0 Å². The van der Waals surface area contributed by atoms with E-state index in [1.807, 2.05) is 12.1 Å². The third-order valence-electron chi connectivity index (χ3n) is 5.07. The first-order chi connectivity index (χ1) is 14.8. The van der Waals surface area contributed by atoms with Gasteiger partial charge < -0.3 is 9.64 Å². The van der Waals surface area contributed by atoms with Gasteiger partial charge in [-0.1, -0.05) is 23.7 Å². The number of carbonyl (C=O) groups is 4. The summed E-state index contributed by atoms with van der Waals surface area (Å²) in [6.07, 6.45) is 0.417. The Bertz CT molecular complexity index is 1010. The molecule has 0 spiro atoms. The zero-order chi connectivity index (χ0) is 22.5. The highest BCUT2D eigenvalue weighted by Crippen LogP contribution is 2.26. The molecule has 1 fully saturated rings. The van der Waals surface area contributed by atoms with Crippen LogP contribution in [-0.2, 0) is 25.5 Å². The summed E-state index contributed by atoms with van der Waals surface area (Å²) in [4.78, 5) is 52.2. The first kappa shape index (κ1) is 22.5. The Morgan fingerprint density at radius 1 is 1.16 bits per heavy atom. The maximum Gasteiger partial charge on any atom is 0.338 e. The van der Waals surface area contributed by atoms with Crippen LogP contribution in [-0.4, -0.2) is 47.8 Å². The summed E-state index contributed by atoms with van der Waals surface area (Å²) < 4.78 is 4.94. The van der Waals surface area contributed by atoms with Crippen LogP contribution in [0.1, 0.15) is 36.2 Å². The molecule has 8 heteroatoms. The van der Waals surface area contributed by atoms with Crippen molar-refractivity contribution in [3.63, 3.8) is 0 Å². The minimum absolute atomic E-state index is 0.0897. The molecule has 1 heterocycles. The van der Waals surface area contributed by atoms with Gasteiger partial charge >= 0.3 is 5.97 Å². The van der Waals surface area contributed by atoms with E-state index in [0.29, 0.717) is 22.7 Å². The summed E-state index contributed by atoms with van der Waals surface area (Å²) in [7, 11) is 0. The number of esters is 1. The molecule has 2 aromatic carbocycles. The Morgan fingerprint density at radius 3 is 2.48 bits per heavy atom. The number of benzene rings is 2. The quantitative estimate of drug-likeness (QED) is 0.485. The second kappa shape index (κ2) is 9.75. The van der Waals surface area contributed by atoms with Crippen LogP contribution in [0.25, 0.3) is 0 Å². The van der Waals surface area contributed by atoms with Gasteiger partial charge in [-0.25, -0.2) is 9.69 Å². The maximum absolute atomic E-state index is 13.0. The van der Waals surface area contributed by atoms with Gasteiger partial charge in [0.2, 0.25) is 11.8 Å². The average Bonchev–Trinajstić information content (AvgIpc) is 3.02. The van der Waals surface area contributed by atoms with Crippen molar-refractivity contribution >= 4 is 41.0 Å². The number of halogens is 1. The molecule has 2 aromatic rings. The number of hydrogen-bond donors (Lipinski definition) is 0. The molecule has 1 aliphatic heterocycles. The lowest BCUT2D eigenvalue weighted by atomic mass is 10.1. The fraction of sp³-hybridized carbons (Fsp3) is 0.304. The SMILES string of the molecule is CCOC(=O)c1ccc(N2C(=O)CC(N(CCc3cccc(Cl)c3)C(C)=O)C2=O)cc1. The van der Waals surface area contributed by atoms with Crippen molar-refractivity contribution in [1.29, 1.82) is 0 Å². The lowest BCUT2D eigenvalue weighted by Crippen LogP contribution is -2.45. The van der Waals surface area contributed by atoms with E-state index >= 15 is 0 Å². The Labute approximate surface area is 185 Å². The minimum atomic E-state index is -0.867. The number of imide groups is 1. The van der Waals surface area contributed by atoms with Crippen LogP contribution in [0.5, 0.6) is 0 Å². The van der Waals surface area contributed by atoms with E-state index in [1.165, 1.54) is 36.1 Å². The van der Waals surface area contributed by atoms with Gasteiger partial charge in [-0.2, -0.15) is 0 Å². The van der Waals surface area contributed by atoms with Gasteiger partial charge in [0, 0.05) is 18.5 Å². The highest BCUT2D eigenvalue weighted by Gasteiger charge is 2.43. The van der Waals surface area contributed by atoms with E-state index in [4.69, 9.17) is 16.3 Å². The van der Waals surface area contributed by atoms with E-state index in [-0.39, 0.29) is 25.5 Å². The Balaban J connectivity index is 1.75. The molecule has 162 valence electrons. The number of rotatable bonds is 7. The molecule has 0 N–H and O–H groups in total. The molecule has 1 aliphatic rings. The van der Waals surface area contributed by atoms with E-state index in [1.54, 1.807) is 19.1 Å². The lowest BCUT2D eigenvalue weighted by molar-refractivity contribution is -0.136. The number of amides is 3. The van der Waals surface area contributed by atoms with Crippen LogP contribution in [0.3, 0.4) is 0 Å². The van der Waals surface area contributed by atoms with Crippen LogP contribution < -0.4 is 4.90 Å². The largest absolute Gasteiger partial charge is 0.462 e. The minimum Gasteiger partial charge on any atom is -0.462 e. The van der Waals surface area contributed by atoms with Crippen LogP contribution in [0.15, 0.2) is 48.5 Å². The first-order valence-electron chi connectivity index (χ1n) is 9.97. The average molecular weight is 443 g/mol. The Kier molecular flexibility index (Phi) is 7.07. The third kappa shape index (κ3) is 5.11. The summed E-state index contributed by atoms with van der Waals surface area (Å²) in [6, 6.07) is 12.5. The number of hydrogen-bond acceptors (Lipinski definition) is 5.